The van der Waals surface area contributed by atoms with Crippen molar-refractivity contribution in [2.45, 2.75) is 39.8 Å². The molecular formula is C21H31IN4O4S. The Labute approximate surface area is 204 Å². The fraction of sp³-hybridized carbons (Fsp3) is 0.476. The second-order valence-corrected chi connectivity index (χ2v) is 7.62. The predicted molar refractivity (Wildman–Crippen MR) is 134 cm³/mol. The molecule has 172 valence electrons. The molecule has 0 bridgehead atoms. The number of hydrogen-bond acceptors (Lipinski definition) is 7. The highest BCUT2D eigenvalue weighted by atomic mass is 127. The molecule has 2 atom stereocenters. The van der Waals surface area contributed by atoms with Crippen LogP contribution in [0.5, 0.6) is 11.5 Å². The van der Waals surface area contributed by atoms with Crippen molar-refractivity contribution in [1.82, 2.24) is 15.6 Å². The summed E-state index contributed by atoms with van der Waals surface area (Å²) >= 11 is 1.33. The molecule has 31 heavy (non-hydrogen) atoms. The molecule has 0 spiro atoms. The van der Waals surface area contributed by atoms with Gasteiger partial charge in [-0.3, -0.25) is 4.99 Å². The third-order valence-electron chi connectivity index (χ3n) is 4.18. The van der Waals surface area contributed by atoms with Gasteiger partial charge in [0.1, 0.15) is 16.0 Å². The molecule has 0 aliphatic rings. The lowest BCUT2D eigenvalue weighted by Gasteiger charge is -2.20. The fourth-order valence-electron chi connectivity index (χ4n) is 2.66. The van der Waals surface area contributed by atoms with Gasteiger partial charge in [-0.2, -0.15) is 0 Å². The third-order valence-corrected chi connectivity index (χ3v) is 5.50. The van der Waals surface area contributed by atoms with Gasteiger partial charge in [-0.15, -0.1) is 35.3 Å². The summed E-state index contributed by atoms with van der Waals surface area (Å²) in [5.74, 6) is 1.66. The van der Waals surface area contributed by atoms with Crippen LogP contribution in [0.3, 0.4) is 0 Å². The zero-order chi connectivity index (χ0) is 22.1. The van der Waals surface area contributed by atoms with Gasteiger partial charge in [0.05, 0.1) is 32.0 Å². The lowest BCUT2D eigenvalue weighted by molar-refractivity contribution is 0.0531. The molecule has 2 N–H and O–H groups in total. The summed E-state index contributed by atoms with van der Waals surface area (Å²) in [6.07, 6.45) is -0.118. The average Bonchev–Trinajstić information content (AvgIpc) is 3.13. The number of aryl methyl sites for hydroxylation is 1. The normalized spacial score (nSPS) is 12.9. The van der Waals surface area contributed by atoms with Crippen LogP contribution in [0, 0.1) is 6.92 Å². The van der Waals surface area contributed by atoms with Crippen molar-refractivity contribution in [2.75, 3.05) is 27.3 Å². The van der Waals surface area contributed by atoms with Crippen LogP contribution in [-0.4, -0.2) is 50.3 Å². The van der Waals surface area contributed by atoms with E-state index in [1.807, 2.05) is 45.0 Å². The Morgan fingerprint density at radius 1 is 1.26 bits per heavy atom. The number of nitrogens with zero attached hydrogens (tertiary/aromatic N) is 2. The van der Waals surface area contributed by atoms with Crippen LogP contribution < -0.4 is 20.1 Å². The monoisotopic (exact) mass is 562 g/mol. The average molecular weight is 562 g/mol. The molecule has 0 fully saturated rings. The molecule has 0 amide bonds. The van der Waals surface area contributed by atoms with E-state index in [-0.39, 0.29) is 42.1 Å². The summed E-state index contributed by atoms with van der Waals surface area (Å²) in [5.41, 5.74) is 0.670. The lowest BCUT2D eigenvalue weighted by atomic mass is 10.3. The Morgan fingerprint density at radius 2 is 1.94 bits per heavy atom. The SMILES string of the molecule is CCOC(=O)c1sc(C(C)NC(=NC)NCC(C)Oc2ccccc2OC)nc1C.I. The van der Waals surface area contributed by atoms with Crippen molar-refractivity contribution in [1.29, 1.82) is 0 Å². The number of methoxy groups -OCH3 is 1. The minimum atomic E-state index is -0.337. The number of rotatable bonds is 9. The first-order valence-corrected chi connectivity index (χ1v) is 10.6. The van der Waals surface area contributed by atoms with E-state index in [1.165, 1.54) is 11.3 Å². The Balaban J connectivity index is 0.00000480. The van der Waals surface area contributed by atoms with Crippen LogP contribution in [0.25, 0.3) is 0 Å². The smallest absolute Gasteiger partial charge is 0.350 e. The molecular weight excluding hydrogens is 531 g/mol. The number of esters is 1. The van der Waals surface area contributed by atoms with Crippen LogP contribution in [-0.2, 0) is 4.74 Å². The van der Waals surface area contributed by atoms with E-state index in [2.05, 4.69) is 20.6 Å². The molecule has 1 aromatic carbocycles. The molecule has 2 aromatic rings. The topological polar surface area (TPSA) is 94.1 Å². The largest absolute Gasteiger partial charge is 0.493 e. The zero-order valence-corrected chi connectivity index (χ0v) is 21.9. The summed E-state index contributed by atoms with van der Waals surface area (Å²) in [4.78, 5) is 21.3. The number of thiazole rings is 1. The van der Waals surface area contributed by atoms with Crippen LogP contribution in [0.2, 0.25) is 0 Å². The summed E-state index contributed by atoms with van der Waals surface area (Å²) in [7, 11) is 3.32. The highest BCUT2D eigenvalue weighted by Crippen LogP contribution is 2.27. The lowest BCUT2D eigenvalue weighted by Crippen LogP contribution is -2.42. The van der Waals surface area contributed by atoms with Crippen LogP contribution in [0.4, 0.5) is 0 Å². The van der Waals surface area contributed by atoms with E-state index in [4.69, 9.17) is 14.2 Å². The standard InChI is InChI=1S/C21H30N4O4S.HI/c1-7-28-20(26)18-14(3)24-19(30-18)15(4)25-21(22-5)23-12-13(2)29-17-11-9-8-10-16(17)27-6;/h8-11,13,15H,7,12H2,1-6H3,(H2,22,23,25);1H. The Kier molecular flexibility index (Phi) is 11.6. The maximum Gasteiger partial charge on any atom is 0.350 e. The van der Waals surface area contributed by atoms with Crippen LogP contribution in [0.1, 0.15) is 47.2 Å². The highest BCUT2D eigenvalue weighted by Gasteiger charge is 2.20. The molecule has 2 rings (SSSR count). The van der Waals surface area contributed by atoms with E-state index < -0.39 is 0 Å². The predicted octanol–water partition coefficient (Wildman–Crippen LogP) is 3.95. The van der Waals surface area contributed by atoms with Gasteiger partial charge in [-0.05, 0) is 39.8 Å². The molecule has 2 unspecified atom stereocenters. The summed E-state index contributed by atoms with van der Waals surface area (Å²) < 4.78 is 16.4. The Hall–Kier alpha value is -2.08. The molecule has 0 saturated heterocycles. The van der Waals surface area contributed by atoms with E-state index in [0.717, 1.165) is 5.01 Å². The number of halogens is 1. The van der Waals surface area contributed by atoms with E-state index >= 15 is 0 Å². The van der Waals surface area contributed by atoms with Gasteiger partial charge in [0.25, 0.3) is 0 Å². The second kappa shape index (κ2) is 13.4. The van der Waals surface area contributed by atoms with Gasteiger partial charge >= 0.3 is 5.97 Å². The van der Waals surface area contributed by atoms with Gasteiger partial charge in [0.15, 0.2) is 17.5 Å². The van der Waals surface area contributed by atoms with Crippen molar-refractivity contribution in [3.63, 3.8) is 0 Å². The fourth-order valence-corrected chi connectivity index (χ4v) is 3.63. The second-order valence-electron chi connectivity index (χ2n) is 6.59. The van der Waals surface area contributed by atoms with Gasteiger partial charge in [-0.1, -0.05) is 12.1 Å². The number of hydrogen-bond donors (Lipinski definition) is 2. The van der Waals surface area contributed by atoms with Crippen molar-refractivity contribution >= 4 is 47.2 Å². The summed E-state index contributed by atoms with van der Waals surface area (Å²) in [5, 5.41) is 7.33. The van der Waals surface area contributed by atoms with Gasteiger partial charge in [0, 0.05) is 7.05 Å². The molecule has 0 saturated carbocycles. The number of para-hydroxylation sites is 2. The number of aliphatic imine (C=N–C) groups is 1. The van der Waals surface area contributed by atoms with E-state index in [1.54, 1.807) is 21.1 Å². The number of benzene rings is 1. The Bertz CT molecular complexity index is 875. The number of carbonyl (C=O) groups excluding carboxylic acids is 1. The zero-order valence-electron chi connectivity index (χ0n) is 18.7. The number of guanidine groups is 1. The highest BCUT2D eigenvalue weighted by molar-refractivity contribution is 14.0. The molecule has 1 aromatic heterocycles. The van der Waals surface area contributed by atoms with Crippen LogP contribution >= 0.6 is 35.3 Å². The molecule has 8 nitrogen and oxygen atoms in total. The third kappa shape index (κ3) is 7.84. The number of aromatic nitrogens is 1. The van der Waals surface area contributed by atoms with Crippen molar-refractivity contribution in [2.24, 2.45) is 4.99 Å². The molecule has 0 aliphatic heterocycles. The van der Waals surface area contributed by atoms with E-state index in [0.29, 0.717) is 41.2 Å². The maximum atomic E-state index is 12.0. The maximum absolute atomic E-state index is 12.0. The van der Waals surface area contributed by atoms with Crippen molar-refractivity contribution in [3.05, 3.63) is 39.8 Å². The first-order valence-electron chi connectivity index (χ1n) is 9.80. The van der Waals surface area contributed by atoms with Gasteiger partial charge in [-0.25, -0.2) is 9.78 Å². The van der Waals surface area contributed by atoms with Gasteiger partial charge < -0.3 is 24.8 Å². The molecule has 10 heteroatoms. The minimum Gasteiger partial charge on any atom is -0.493 e. The molecule has 0 aliphatic carbocycles. The molecule has 0 radical (unpaired) electrons. The van der Waals surface area contributed by atoms with Crippen molar-refractivity contribution < 1.29 is 19.0 Å². The van der Waals surface area contributed by atoms with E-state index in [9.17, 15) is 4.79 Å². The van der Waals surface area contributed by atoms with Crippen molar-refractivity contribution in [3.8, 4) is 11.5 Å². The number of ether oxygens (including phenoxy) is 3. The quantitative estimate of drug-likeness (QED) is 0.207. The van der Waals surface area contributed by atoms with Crippen LogP contribution in [0.15, 0.2) is 29.3 Å². The number of nitrogens with one attached hydrogen (secondary N) is 2. The minimum absolute atomic E-state index is 0. The summed E-state index contributed by atoms with van der Waals surface area (Å²) in [6, 6.07) is 7.40. The Morgan fingerprint density at radius 3 is 2.55 bits per heavy atom. The number of carbonyl (C=O) groups is 1. The summed E-state index contributed by atoms with van der Waals surface area (Å²) in [6.45, 7) is 8.40. The molecule has 1 heterocycles. The first kappa shape index (κ1) is 27.0. The van der Waals surface area contributed by atoms with Gasteiger partial charge in [0.2, 0.25) is 0 Å². The first-order chi connectivity index (χ1) is 14.4.